The van der Waals surface area contributed by atoms with E-state index in [1.54, 1.807) is 13.0 Å². The Balaban J connectivity index is 2.22. The highest BCUT2D eigenvalue weighted by Gasteiger charge is 2.52. The minimum absolute atomic E-state index is 0.0954. The summed E-state index contributed by atoms with van der Waals surface area (Å²) in [5, 5.41) is 9.50. The van der Waals surface area contributed by atoms with Crippen LogP contribution in [0.4, 0.5) is 0 Å². The maximum atomic E-state index is 10.7. The first-order chi connectivity index (χ1) is 6.10. The number of allylic oxidation sites excluding steroid dienone is 1. The standard InChI is InChI=1S/C9H12O4/c1-8(5-10)6-12-9(13-8)4-2-3-7(9)11/h3,5,11H,2,4,6H2,1H3. The Morgan fingerprint density at radius 3 is 2.92 bits per heavy atom. The summed E-state index contributed by atoms with van der Waals surface area (Å²) in [6.45, 7) is 1.86. The first-order valence-corrected chi connectivity index (χ1v) is 4.30. The fourth-order valence-electron chi connectivity index (χ4n) is 1.69. The van der Waals surface area contributed by atoms with Gasteiger partial charge < -0.3 is 19.4 Å². The molecular formula is C9H12O4. The van der Waals surface area contributed by atoms with Gasteiger partial charge in [-0.1, -0.05) is 0 Å². The molecule has 1 saturated heterocycles. The molecule has 2 aliphatic rings. The van der Waals surface area contributed by atoms with Gasteiger partial charge in [0.1, 0.15) is 11.4 Å². The van der Waals surface area contributed by atoms with E-state index >= 15 is 0 Å². The topological polar surface area (TPSA) is 55.8 Å². The van der Waals surface area contributed by atoms with Crippen molar-refractivity contribution in [2.75, 3.05) is 6.61 Å². The average Bonchev–Trinajstić information content (AvgIpc) is 2.62. The highest BCUT2D eigenvalue weighted by atomic mass is 16.8. The average molecular weight is 184 g/mol. The molecule has 0 saturated carbocycles. The predicted octanol–water partition coefficient (Wildman–Crippen LogP) is 0.923. The molecule has 0 aromatic heterocycles. The summed E-state index contributed by atoms with van der Waals surface area (Å²) in [6, 6.07) is 0. The zero-order valence-corrected chi connectivity index (χ0v) is 7.45. The Bertz CT molecular complexity index is 273. The van der Waals surface area contributed by atoms with E-state index in [9.17, 15) is 9.90 Å². The van der Waals surface area contributed by atoms with Crippen molar-refractivity contribution in [3.8, 4) is 0 Å². The second-order valence-corrected chi connectivity index (χ2v) is 3.70. The number of carbonyl (C=O) groups is 1. The molecule has 0 amide bonds. The van der Waals surface area contributed by atoms with E-state index in [0.717, 1.165) is 6.42 Å². The van der Waals surface area contributed by atoms with Crippen molar-refractivity contribution in [3.05, 3.63) is 11.8 Å². The van der Waals surface area contributed by atoms with Crippen molar-refractivity contribution < 1.29 is 19.4 Å². The molecule has 4 nitrogen and oxygen atoms in total. The summed E-state index contributed by atoms with van der Waals surface area (Å²) in [7, 11) is 0. The van der Waals surface area contributed by atoms with Gasteiger partial charge in [-0.25, -0.2) is 0 Å². The highest BCUT2D eigenvalue weighted by molar-refractivity contribution is 5.62. The zero-order chi connectivity index (χ0) is 9.53. The van der Waals surface area contributed by atoms with Gasteiger partial charge in [-0.2, -0.15) is 0 Å². The molecule has 13 heavy (non-hydrogen) atoms. The third-order valence-electron chi connectivity index (χ3n) is 2.44. The normalized spacial score (nSPS) is 43.9. The Labute approximate surface area is 76.1 Å². The van der Waals surface area contributed by atoms with E-state index in [1.165, 1.54) is 0 Å². The molecule has 0 radical (unpaired) electrons. The lowest BCUT2D eigenvalue weighted by atomic mass is 10.1. The van der Waals surface area contributed by atoms with Crippen molar-refractivity contribution in [2.24, 2.45) is 0 Å². The van der Waals surface area contributed by atoms with E-state index in [2.05, 4.69) is 0 Å². The molecule has 1 spiro atoms. The third kappa shape index (κ3) is 1.17. The molecule has 1 heterocycles. The van der Waals surface area contributed by atoms with E-state index in [4.69, 9.17) is 9.47 Å². The molecule has 2 rings (SSSR count). The molecule has 0 aromatic carbocycles. The molecule has 72 valence electrons. The van der Waals surface area contributed by atoms with Crippen LogP contribution in [0.3, 0.4) is 0 Å². The fourth-order valence-corrected chi connectivity index (χ4v) is 1.69. The van der Waals surface area contributed by atoms with Crippen LogP contribution in [0.25, 0.3) is 0 Å². The van der Waals surface area contributed by atoms with E-state index in [0.29, 0.717) is 12.7 Å². The van der Waals surface area contributed by atoms with Crippen LogP contribution in [0.5, 0.6) is 0 Å². The van der Waals surface area contributed by atoms with Gasteiger partial charge in [-0.3, -0.25) is 0 Å². The van der Waals surface area contributed by atoms with Crippen molar-refractivity contribution in [1.29, 1.82) is 0 Å². The molecule has 1 aliphatic heterocycles. The van der Waals surface area contributed by atoms with Crippen LogP contribution in [0.1, 0.15) is 19.8 Å². The zero-order valence-electron chi connectivity index (χ0n) is 7.45. The third-order valence-corrected chi connectivity index (χ3v) is 2.44. The maximum absolute atomic E-state index is 10.7. The summed E-state index contributed by atoms with van der Waals surface area (Å²) in [4.78, 5) is 10.7. The van der Waals surface area contributed by atoms with E-state index < -0.39 is 11.4 Å². The van der Waals surface area contributed by atoms with Gasteiger partial charge in [0.25, 0.3) is 0 Å². The summed E-state index contributed by atoms with van der Waals surface area (Å²) >= 11 is 0. The maximum Gasteiger partial charge on any atom is 0.228 e. The second-order valence-electron chi connectivity index (χ2n) is 3.70. The quantitative estimate of drug-likeness (QED) is 0.616. The number of hydrogen-bond acceptors (Lipinski definition) is 4. The van der Waals surface area contributed by atoms with Gasteiger partial charge in [0.2, 0.25) is 5.79 Å². The van der Waals surface area contributed by atoms with Gasteiger partial charge in [-0.15, -0.1) is 0 Å². The minimum atomic E-state index is -1.03. The van der Waals surface area contributed by atoms with E-state index in [-0.39, 0.29) is 12.4 Å². The number of aliphatic hydroxyl groups excluding tert-OH is 1. The SMILES string of the molecule is CC1(C=O)COC2(CCC=C2O)O1. The fraction of sp³-hybridized carbons (Fsp3) is 0.667. The minimum Gasteiger partial charge on any atom is -0.507 e. The largest absolute Gasteiger partial charge is 0.507 e. The summed E-state index contributed by atoms with van der Waals surface area (Å²) in [5.74, 6) is -0.937. The van der Waals surface area contributed by atoms with Crippen molar-refractivity contribution in [1.82, 2.24) is 0 Å². The van der Waals surface area contributed by atoms with Crippen LogP contribution in [-0.4, -0.2) is 29.4 Å². The van der Waals surface area contributed by atoms with Gasteiger partial charge >= 0.3 is 0 Å². The summed E-state index contributed by atoms with van der Waals surface area (Å²) in [6.07, 6.45) is 3.69. The number of aldehydes is 1. The van der Waals surface area contributed by atoms with Crippen LogP contribution in [0, 0.1) is 0 Å². The lowest BCUT2D eigenvalue weighted by Gasteiger charge is -2.24. The Morgan fingerprint density at radius 2 is 2.46 bits per heavy atom. The van der Waals surface area contributed by atoms with Crippen molar-refractivity contribution in [2.45, 2.75) is 31.2 Å². The number of rotatable bonds is 1. The number of hydrogen-bond donors (Lipinski definition) is 1. The molecule has 1 N–H and O–H groups in total. The molecule has 2 atom stereocenters. The van der Waals surface area contributed by atoms with Crippen molar-refractivity contribution >= 4 is 6.29 Å². The van der Waals surface area contributed by atoms with Crippen LogP contribution >= 0.6 is 0 Å². The second kappa shape index (κ2) is 2.56. The Kier molecular flexibility index (Phi) is 1.72. The Hall–Kier alpha value is -0.870. The Morgan fingerprint density at radius 1 is 1.69 bits per heavy atom. The van der Waals surface area contributed by atoms with Crippen LogP contribution in [-0.2, 0) is 14.3 Å². The number of carbonyl (C=O) groups excluding carboxylic acids is 1. The molecule has 1 aliphatic carbocycles. The van der Waals surface area contributed by atoms with Gasteiger partial charge in [0.05, 0.1) is 6.61 Å². The lowest BCUT2D eigenvalue weighted by molar-refractivity contribution is -0.174. The van der Waals surface area contributed by atoms with Crippen LogP contribution in [0.2, 0.25) is 0 Å². The molecule has 2 unspecified atom stereocenters. The van der Waals surface area contributed by atoms with Gasteiger partial charge in [-0.05, 0) is 19.4 Å². The molecular weight excluding hydrogens is 172 g/mol. The van der Waals surface area contributed by atoms with Crippen LogP contribution < -0.4 is 0 Å². The van der Waals surface area contributed by atoms with Gasteiger partial charge in [0.15, 0.2) is 6.29 Å². The molecule has 0 aromatic rings. The van der Waals surface area contributed by atoms with Gasteiger partial charge in [0, 0.05) is 6.42 Å². The number of ether oxygens (including phenoxy) is 2. The summed E-state index contributed by atoms with van der Waals surface area (Å²) < 4.78 is 10.8. The molecule has 1 fully saturated rings. The first-order valence-electron chi connectivity index (χ1n) is 4.30. The van der Waals surface area contributed by atoms with E-state index in [1.807, 2.05) is 0 Å². The number of aliphatic hydroxyl groups is 1. The lowest BCUT2D eigenvalue weighted by Crippen LogP contribution is -2.35. The monoisotopic (exact) mass is 184 g/mol. The predicted molar refractivity (Wildman–Crippen MR) is 44.2 cm³/mol. The highest BCUT2D eigenvalue weighted by Crippen LogP contribution is 2.41. The van der Waals surface area contributed by atoms with Crippen molar-refractivity contribution in [3.63, 3.8) is 0 Å². The summed E-state index contributed by atoms with van der Waals surface area (Å²) in [5.41, 5.74) is -0.911. The first kappa shape index (κ1) is 8.72. The van der Waals surface area contributed by atoms with Crippen LogP contribution in [0.15, 0.2) is 11.8 Å². The molecule has 0 bridgehead atoms. The smallest absolute Gasteiger partial charge is 0.228 e. The molecule has 4 heteroatoms.